The Labute approximate surface area is 177 Å². The first-order valence-corrected chi connectivity index (χ1v) is 10.9. The summed E-state index contributed by atoms with van der Waals surface area (Å²) in [5.41, 5.74) is 1.40. The maximum Gasteiger partial charge on any atom is 0.333 e. The normalized spacial score (nSPS) is 17.8. The molecular weight excluding hydrogens is 441 g/mol. The first-order valence-electron chi connectivity index (χ1n) is 8.62. The zero-order valence-corrected chi connectivity index (χ0v) is 17.4. The molecule has 1 unspecified atom stereocenters. The minimum atomic E-state index is -4.04. The number of nitrogens with zero attached hydrogens (tertiary/aromatic N) is 4. The van der Waals surface area contributed by atoms with E-state index in [1.54, 1.807) is 18.6 Å². The van der Waals surface area contributed by atoms with Gasteiger partial charge in [0.2, 0.25) is 0 Å². The number of pyridine rings is 1. The lowest BCUT2D eigenvalue weighted by atomic mass is 10.1. The average molecular weight is 458 g/mol. The van der Waals surface area contributed by atoms with E-state index in [4.69, 9.17) is 38.1 Å². The number of anilines is 1. The summed E-state index contributed by atoms with van der Waals surface area (Å²) < 4.78 is 34.2. The number of halogens is 2. The van der Waals surface area contributed by atoms with Crippen molar-refractivity contribution >= 4 is 50.2 Å². The van der Waals surface area contributed by atoms with Crippen LogP contribution in [0.4, 0.5) is 5.82 Å². The third kappa shape index (κ3) is 4.47. The van der Waals surface area contributed by atoms with Gasteiger partial charge in [0.1, 0.15) is 5.82 Å². The van der Waals surface area contributed by atoms with Crippen LogP contribution in [0.5, 0.6) is 0 Å². The highest BCUT2D eigenvalue weighted by Crippen LogP contribution is 2.35. The number of ether oxygens (including phenoxy) is 1. The second kappa shape index (κ2) is 8.05. The van der Waals surface area contributed by atoms with Crippen molar-refractivity contribution in [2.24, 2.45) is 5.14 Å². The number of aromatic nitrogens is 3. The molecule has 9 nitrogen and oxygen atoms in total. The molecule has 1 aromatic carbocycles. The molecule has 1 fully saturated rings. The van der Waals surface area contributed by atoms with Gasteiger partial charge in [-0.2, -0.15) is 8.42 Å². The van der Waals surface area contributed by atoms with Crippen molar-refractivity contribution in [3.05, 3.63) is 47.0 Å². The second-order valence-electron chi connectivity index (χ2n) is 6.44. The summed E-state index contributed by atoms with van der Waals surface area (Å²) in [5.74, 6) is 0.647. The van der Waals surface area contributed by atoms with Gasteiger partial charge in [-0.1, -0.05) is 23.2 Å². The van der Waals surface area contributed by atoms with E-state index in [9.17, 15) is 8.42 Å². The van der Waals surface area contributed by atoms with E-state index >= 15 is 0 Å². The zero-order chi connectivity index (χ0) is 20.6. The predicted octanol–water partition coefficient (Wildman–Crippen LogP) is 2.15. The van der Waals surface area contributed by atoms with E-state index < -0.39 is 16.4 Å². The number of nitrogens with two attached hydrogens (primary N) is 1. The molecule has 0 spiro atoms. The predicted molar refractivity (Wildman–Crippen MR) is 110 cm³/mol. The molecule has 3 aromatic rings. The molecule has 0 aliphatic carbocycles. The molecule has 0 saturated carbocycles. The highest BCUT2D eigenvalue weighted by Gasteiger charge is 2.25. The van der Waals surface area contributed by atoms with Gasteiger partial charge in [0.15, 0.2) is 0 Å². The Bertz CT molecular complexity index is 1140. The molecule has 1 atom stereocenters. The van der Waals surface area contributed by atoms with Gasteiger partial charge < -0.3 is 14.2 Å². The van der Waals surface area contributed by atoms with Crippen LogP contribution in [-0.2, 0) is 19.2 Å². The van der Waals surface area contributed by atoms with E-state index in [2.05, 4.69) is 9.17 Å². The van der Waals surface area contributed by atoms with E-state index in [0.717, 1.165) is 11.1 Å². The quantitative estimate of drug-likeness (QED) is 0.624. The van der Waals surface area contributed by atoms with Crippen LogP contribution in [-0.4, -0.2) is 55.4 Å². The Morgan fingerprint density at radius 3 is 2.90 bits per heavy atom. The fraction of sp³-hybridized carbons (Fsp3) is 0.294. The van der Waals surface area contributed by atoms with Gasteiger partial charge in [0.05, 0.1) is 46.9 Å². The summed E-state index contributed by atoms with van der Waals surface area (Å²) in [7, 11) is -4.04. The molecule has 2 aromatic heterocycles. The lowest BCUT2D eigenvalue weighted by Gasteiger charge is -2.33. The van der Waals surface area contributed by atoms with E-state index in [0.29, 0.717) is 41.1 Å². The molecule has 3 heterocycles. The van der Waals surface area contributed by atoms with Crippen molar-refractivity contribution in [2.75, 3.05) is 31.2 Å². The van der Waals surface area contributed by atoms with Crippen molar-refractivity contribution < 1.29 is 17.3 Å². The molecule has 4 rings (SSSR count). The Balaban J connectivity index is 1.73. The maximum atomic E-state index is 11.1. The van der Waals surface area contributed by atoms with Crippen molar-refractivity contribution in [2.45, 2.75) is 6.10 Å². The third-order valence-electron chi connectivity index (χ3n) is 4.50. The maximum absolute atomic E-state index is 11.1. The minimum absolute atomic E-state index is 0.177. The van der Waals surface area contributed by atoms with Crippen LogP contribution in [0.2, 0.25) is 10.0 Å². The van der Waals surface area contributed by atoms with E-state index in [1.165, 1.54) is 0 Å². The van der Waals surface area contributed by atoms with E-state index in [-0.39, 0.29) is 6.61 Å². The number of fused-ring (bicyclic) bond motifs is 1. The van der Waals surface area contributed by atoms with Crippen LogP contribution >= 0.6 is 23.2 Å². The molecule has 0 amide bonds. The molecule has 1 aliphatic rings. The number of hydrogen-bond acceptors (Lipinski definition) is 7. The third-order valence-corrected chi connectivity index (χ3v) is 5.76. The minimum Gasteiger partial charge on any atom is -0.372 e. The van der Waals surface area contributed by atoms with Crippen LogP contribution in [0.15, 0.2) is 36.9 Å². The lowest BCUT2D eigenvalue weighted by molar-refractivity contribution is 0.0115. The fourth-order valence-corrected chi connectivity index (χ4v) is 3.88. The van der Waals surface area contributed by atoms with Gasteiger partial charge in [-0.3, -0.25) is 4.18 Å². The molecule has 2 N–H and O–H groups in total. The lowest BCUT2D eigenvalue weighted by Crippen LogP contribution is -2.45. The monoisotopic (exact) mass is 457 g/mol. The van der Waals surface area contributed by atoms with Gasteiger partial charge in [0.25, 0.3) is 0 Å². The van der Waals surface area contributed by atoms with Gasteiger partial charge in [0, 0.05) is 36.9 Å². The second-order valence-corrected chi connectivity index (χ2v) is 8.45. The van der Waals surface area contributed by atoms with Gasteiger partial charge in [-0.05, 0) is 12.1 Å². The van der Waals surface area contributed by atoms with Crippen LogP contribution in [0.25, 0.3) is 16.6 Å². The van der Waals surface area contributed by atoms with E-state index in [1.807, 2.05) is 27.8 Å². The number of imidazole rings is 1. The first kappa shape index (κ1) is 20.3. The summed E-state index contributed by atoms with van der Waals surface area (Å²) in [6.07, 6.45) is 4.71. The van der Waals surface area contributed by atoms with Crippen LogP contribution in [0.1, 0.15) is 0 Å². The van der Waals surface area contributed by atoms with Crippen molar-refractivity contribution in [3.63, 3.8) is 0 Å². The van der Waals surface area contributed by atoms with Gasteiger partial charge in [-0.25, -0.2) is 15.1 Å². The molecule has 0 bridgehead atoms. The Morgan fingerprint density at radius 1 is 1.34 bits per heavy atom. The standard InChI is InChI=1S/C17H17Cl2N5O4S/c18-13-2-1-12-14(24-4-3-21-10-24)7-15(22-17(12)16(13)19)23-5-6-27-11(8-23)9-28-29(20,25)26/h1-4,7,10-11H,5-6,8-9H2,(H2,20,25,26). The van der Waals surface area contributed by atoms with Crippen LogP contribution < -0.4 is 10.0 Å². The molecule has 29 heavy (non-hydrogen) atoms. The number of hydrogen-bond donors (Lipinski definition) is 1. The summed E-state index contributed by atoms with van der Waals surface area (Å²) in [4.78, 5) is 10.8. The number of rotatable bonds is 5. The van der Waals surface area contributed by atoms with Crippen LogP contribution in [0.3, 0.4) is 0 Å². The molecule has 154 valence electrons. The first-order chi connectivity index (χ1) is 13.8. The van der Waals surface area contributed by atoms with Crippen LogP contribution in [0, 0.1) is 0 Å². The summed E-state index contributed by atoms with van der Waals surface area (Å²) in [6.45, 7) is 1.13. The molecule has 1 aliphatic heterocycles. The Morgan fingerprint density at radius 2 is 2.17 bits per heavy atom. The number of morpholine rings is 1. The SMILES string of the molecule is NS(=O)(=O)OCC1CN(c2cc(-n3ccnc3)c3ccc(Cl)c(Cl)c3n2)CCO1. The van der Waals surface area contributed by atoms with Gasteiger partial charge >= 0.3 is 10.3 Å². The van der Waals surface area contributed by atoms with Crippen molar-refractivity contribution in [3.8, 4) is 5.69 Å². The fourth-order valence-electron chi connectivity index (χ4n) is 3.18. The zero-order valence-electron chi connectivity index (χ0n) is 15.0. The average Bonchev–Trinajstić information content (AvgIpc) is 3.23. The summed E-state index contributed by atoms with van der Waals surface area (Å²) >= 11 is 12.6. The highest BCUT2D eigenvalue weighted by molar-refractivity contribution is 7.84. The van der Waals surface area contributed by atoms with Crippen molar-refractivity contribution in [1.82, 2.24) is 14.5 Å². The molecule has 1 saturated heterocycles. The summed E-state index contributed by atoms with van der Waals surface area (Å²) in [6, 6.07) is 5.50. The Kier molecular flexibility index (Phi) is 5.65. The van der Waals surface area contributed by atoms with Gasteiger partial charge in [-0.15, -0.1) is 0 Å². The number of benzene rings is 1. The molecule has 0 radical (unpaired) electrons. The Hall–Kier alpha value is -1.95. The molecular formula is C17H17Cl2N5O4S. The molecule has 12 heteroatoms. The largest absolute Gasteiger partial charge is 0.372 e. The smallest absolute Gasteiger partial charge is 0.333 e. The topological polar surface area (TPSA) is 113 Å². The summed E-state index contributed by atoms with van der Waals surface area (Å²) in [5, 5.41) is 6.48. The highest BCUT2D eigenvalue weighted by atomic mass is 35.5. The van der Waals surface area contributed by atoms with Crippen molar-refractivity contribution in [1.29, 1.82) is 0 Å².